The molecule has 3 N–H and O–H groups in total. The van der Waals surface area contributed by atoms with Gasteiger partial charge in [0.1, 0.15) is 48.7 Å². The molecule has 2 saturated heterocycles. The molecular formula is C68H91N2O21P. The first-order chi connectivity index (χ1) is 44.4. The molecular weight excluding hydrogens is 1210 g/mol. The fraction of sp³-hybridized carbons (Fsp3) is 0.559. The zero-order chi connectivity index (χ0) is 66.0. The first-order valence-corrected chi connectivity index (χ1v) is 33.4. The fourth-order valence-corrected chi connectivity index (χ4v) is 11.8. The number of hydrogen-bond acceptors (Lipinski definition) is 21. The lowest BCUT2D eigenvalue weighted by Gasteiger charge is -2.47. The molecule has 3 aliphatic rings. The average molecular weight is 1300 g/mol. The highest BCUT2D eigenvalue weighted by Crippen LogP contribution is 2.55. The Hall–Kier alpha value is -6.47. The standard InChI is InChI=1S/C68H91N2O21P/c1-8-44(7)33-55(71)69-61-65(89-59(75)35-50(9-2)80-38-46-27-19-15-20-28-46)63(81-39-47-29-21-16-22-30-47)54(87-67(61)77)43-82-68-62(70-56(72)34-51(10-3)85-57(73)12-5)66(90-60(76)36-52(11-4)86-58(74)13-6)64(53(88-68)42-79-37-45-25-17-14-18-26-45)91-92(78)83-40-48-31-23-24-32-49(48)41-84-92/h14-32,44,50-54,61-68,77H,8-13,33-43H2,1-7H3,(H,69,71)(H,70,72)/t44-,50-,51-,52-,53?,54?,61?,62?,63-,64-,65-,66-,67?,68-/m1/s1. The maximum Gasteiger partial charge on any atom is 0.475 e. The lowest BCUT2D eigenvalue weighted by Crippen LogP contribution is -2.68. The van der Waals surface area contributed by atoms with Crippen molar-refractivity contribution >= 4 is 43.5 Å². The van der Waals surface area contributed by atoms with Gasteiger partial charge in [-0.3, -0.25) is 42.3 Å². The topological polar surface area (TPSA) is 284 Å². The number of amides is 2. The molecule has 2 fully saturated rings. The van der Waals surface area contributed by atoms with Crippen LogP contribution >= 0.6 is 7.82 Å². The van der Waals surface area contributed by atoms with E-state index in [1.54, 1.807) is 52.0 Å². The number of esters is 4. The smallest absolute Gasteiger partial charge is 0.462 e. The van der Waals surface area contributed by atoms with Crippen molar-refractivity contribution < 1.29 is 99.4 Å². The van der Waals surface area contributed by atoms with E-state index in [-0.39, 0.29) is 84.1 Å². The number of aliphatic hydroxyl groups is 1. The molecule has 0 bridgehead atoms. The minimum absolute atomic E-state index is 0.0148. The van der Waals surface area contributed by atoms with Gasteiger partial charge in [0.05, 0.1) is 71.6 Å². The molecule has 92 heavy (non-hydrogen) atoms. The Bertz CT molecular complexity index is 2950. The highest BCUT2D eigenvalue weighted by molar-refractivity contribution is 7.48. The summed E-state index contributed by atoms with van der Waals surface area (Å²) in [6, 6.07) is 31.8. The van der Waals surface area contributed by atoms with Crippen LogP contribution in [0.4, 0.5) is 0 Å². The molecule has 4 aromatic rings. The van der Waals surface area contributed by atoms with E-state index in [1.165, 1.54) is 0 Å². The van der Waals surface area contributed by atoms with E-state index >= 15 is 4.57 Å². The Morgan fingerprint density at radius 2 is 1.00 bits per heavy atom. The number of phosphoric ester groups is 1. The van der Waals surface area contributed by atoms with Crippen LogP contribution in [0.1, 0.15) is 140 Å². The third-order valence-corrected chi connectivity index (χ3v) is 17.4. The quantitative estimate of drug-likeness (QED) is 0.0220. The molecule has 24 heteroatoms. The van der Waals surface area contributed by atoms with E-state index < -0.39 is 143 Å². The summed E-state index contributed by atoms with van der Waals surface area (Å²) in [5.41, 5.74) is 3.67. The van der Waals surface area contributed by atoms with Crippen molar-refractivity contribution in [1.29, 1.82) is 0 Å². The van der Waals surface area contributed by atoms with Gasteiger partial charge >= 0.3 is 31.7 Å². The van der Waals surface area contributed by atoms with Gasteiger partial charge in [0.2, 0.25) is 11.8 Å². The molecule has 7 rings (SSSR count). The molecule has 504 valence electrons. The van der Waals surface area contributed by atoms with E-state index in [4.69, 9.17) is 60.9 Å². The number of ether oxygens (including phenoxy) is 10. The van der Waals surface area contributed by atoms with Gasteiger partial charge in [0.15, 0.2) is 24.8 Å². The van der Waals surface area contributed by atoms with Crippen LogP contribution in [-0.4, -0.2) is 134 Å². The molecule has 4 aromatic carbocycles. The van der Waals surface area contributed by atoms with E-state index in [0.717, 1.165) is 11.1 Å². The van der Waals surface area contributed by atoms with E-state index in [0.29, 0.717) is 29.5 Å². The van der Waals surface area contributed by atoms with Crippen molar-refractivity contribution in [2.24, 2.45) is 5.92 Å². The van der Waals surface area contributed by atoms with Crippen molar-refractivity contribution in [3.63, 3.8) is 0 Å². The van der Waals surface area contributed by atoms with Gasteiger partial charge in [-0.15, -0.1) is 0 Å². The highest BCUT2D eigenvalue weighted by Gasteiger charge is 2.55. The Kier molecular flexibility index (Phi) is 29.7. The highest BCUT2D eigenvalue weighted by atomic mass is 31.2. The van der Waals surface area contributed by atoms with Crippen LogP contribution in [0.5, 0.6) is 0 Å². The van der Waals surface area contributed by atoms with Crippen molar-refractivity contribution in [1.82, 2.24) is 10.6 Å². The molecule has 0 spiro atoms. The van der Waals surface area contributed by atoms with Crippen LogP contribution in [0.15, 0.2) is 115 Å². The largest absolute Gasteiger partial charge is 0.475 e. The van der Waals surface area contributed by atoms with Gasteiger partial charge in [-0.25, -0.2) is 4.57 Å². The number of nitrogens with one attached hydrogen (secondary N) is 2. The SMILES string of the molecule is CCC(=O)O[C@H](CC)CC(=O)NC1[C@H](OCC2OC(O)C(NC(=O)C[C@H](C)CC)[C@@H](OC(=O)C[C@@H](CC)OCc3ccccc3)[C@@H]2OCc2ccccc2)OC(COCc2ccccc2)[C@@H](OP2(=O)OCc3ccccc3CO2)[C@@H]1OC(=O)C[C@@H](CC)OC(=O)CC. The predicted molar refractivity (Wildman–Crippen MR) is 333 cm³/mol. The molecule has 23 nitrogen and oxygen atoms in total. The first-order valence-electron chi connectivity index (χ1n) is 32.0. The lowest BCUT2D eigenvalue weighted by atomic mass is 9.94. The minimum Gasteiger partial charge on any atom is -0.462 e. The summed E-state index contributed by atoms with van der Waals surface area (Å²) in [4.78, 5) is 82.9. The third-order valence-electron chi connectivity index (χ3n) is 16.0. The number of phosphoric acid groups is 1. The number of benzene rings is 4. The zero-order valence-corrected chi connectivity index (χ0v) is 54.5. The van der Waals surface area contributed by atoms with Crippen molar-refractivity contribution in [2.45, 2.75) is 225 Å². The Labute approximate surface area is 539 Å². The van der Waals surface area contributed by atoms with Gasteiger partial charge in [0.25, 0.3) is 0 Å². The van der Waals surface area contributed by atoms with Gasteiger partial charge < -0.3 is 63.1 Å². The van der Waals surface area contributed by atoms with Crippen LogP contribution in [0.25, 0.3) is 0 Å². The number of fused-ring (bicyclic) bond motifs is 1. The predicted octanol–water partition coefficient (Wildman–Crippen LogP) is 9.35. The Morgan fingerprint density at radius 1 is 0.522 bits per heavy atom. The van der Waals surface area contributed by atoms with Crippen LogP contribution in [0.2, 0.25) is 0 Å². The molecule has 0 aromatic heterocycles. The summed E-state index contributed by atoms with van der Waals surface area (Å²) in [7, 11) is -4.71. The monoisotopic (exact) mass is 1300 g/mol. The molecule has 0 saturated carbocycles. The number of hydrogen-bond donors (Lipinski definition) is 3. The third kappa shape index (κ3) is 22.6. The molecule has 2 amide bonds. The second-order valence-electron chi connectivity index (χ2n) is 23.0. The maximum absolute atomic E-state index is 15.1. The second-order valence-corrected chi connectivity index (χ2v) is 24.7. The fourth-order valence-electron chi connectivity index (χ4n) is 10.5. The lowest BCUT2D eigenvalue weighted by molar-refractivity contribution is -0.304. The van der Waals surface area contributed by atoms with Gasteiger partial charge in [-0.2, -0.15) is 0 Å². The van der Waals surface area contributed by atoms with E-state index in [1.807, 2.05) is 112 Å². The second kappa shape index (κ2) is 37.4. The van der Waals surface area contributed by atoms with Crippen LogP contribution in [-0.2, 0) is 127 Å². The minimum atomic E-state index is -4.71. The molecule has 3 aliphatic heterocycles. The molecule has 0 radical (unpaired) electrons. The summed E-state index contributed by atoms with van der Waals surface area (Å²) in [6.45, 7) is 11.1. The number of rotatable bonds is 35. The van der Waals surface area contributed by atoms with Gasteiger partial charge in [-0.05, 0) is 53.0 Å². The number of carbonyl (C=O) groups excluding carboxylic acids is 6. The summed E-state index contributed by atoms with van der Waals surface area (Å²) in [6.07, 6.45) is -14.6. The summed E-state index contributed by atoms with van der Waals surface area (Å²) in [5.74, 6) is -4.08. The maximum atomic E-state index is 15.1. The zero-order valence-electron chi connectivity index (χ0n) is 53.6. The normalized spacial score (nSPS) is 24.0. The van der Waals surface area contributed by atoms with Gasteiger partial charge in [0, 0.05) is 19.3 Å². The van der Waals surface area contributed by atoms with Crippen LogP contribution in [0.3, 0.4) is 0 Å². The number of aliphatic hydroxyl groups excluding tert-OH is 1. The number of carbonyl (C=O) groups is 6. The van der Waals surface area contributed by atoms with Crippen molar-refractivity contribution in [3.8, 4) is 0 Å². The Balaban J connectivity index is 1.30. The summed E-state index contributed by atoms with van der Waals surface area (Å²) < 4.78 is 96.9. The molecule has 0 aliphatic carbocycles. The van der Waals surface area contributed by atoms with Crippen molar-refractivity contribution in [2.75, 3.05) is 13.2 Å². The first kappa shape index (κ1) is 72.9. The summed E-state index contributed by atoms with van der Waals surface area (Å²) >= 11 is 0. The van der Waals surface area contributed by atoms with E-state index in [9.17, 15) is 33.9 Å². The van der Waals surface area contributed by atoms with Crippen LogP contribution < -0.4 is 10.6 Å². The average Bonchev–Trinajstić information content (AvgIpc) is 0.886. The molecule has 5 unspecified atom stereocenters. The van der Waals surface area contributed by atoms with E-state index in [2.05, 4.69) is 10.6 Å². The van der Waals surface area contributed by atoms with Gasteiger partial charge in [-0.1, -0.05) is 170 Å². The molecule has 14 atom stereocenters. The summed E-state index contributed by atoms with van der Waals surface area (Å²) in [5, 5.41) is 17.9. The van der Waals surface area contributed by atoms with Crippen molar-refractivity contribution in [3.05, 3.63) is 143 Å². The van der Waals surface area contributed by atoms with Crippen LogP contribution in [0, 0.1) is 5.92 Å². The molecule has 3 heterocycles. The Morgan fingerprint density at radius 3 is 1.54 bits per heavy atom.